The molecule has 3 heteroatoms. The van der Waals surface area contributed by atoms with Crippen molar-refractivity contribution in [2.24, 2.45) is 23.2 Å². The molecule has 1 N–H and O–H groups in total. The monoisotopic (exact) mass is 281 g/mol. The summed E-state index contributed by atoms with van der Waals surface area (Å²) >= 11 is 0. The number of hydrogen-bond acceptors (Lipinski definition) is 2. The molecule has 0 aromatic carbocycles. The predicted octanol–water partition coefficient (Wildman–Crippen LogP) is 3.07. The first kappa shape index (κ1) is 15.8. The lowest BCUT2D eigenvalue weighted by Crippen LogP contribution is -2.38. The second-order valence-corrected chi connectivity index (χ2v) is 7.99. The first-order valence-electron chi connectivity index (χ1n) is 8.26. The molecule has 20 heavy (non-hydrogen) atoms. The van der Waals surface area contributed by atoms with Crippen molar-refractivity contribution < 1.29 is 9.90 Å². The highest BCUT2D eigenvalue weighted by atomic mass is 16.3. The summed E-state index contributed by atoms with van der Waals surface area (Å²) in [7, 11) is 0. The van der Waals surface area contributed by atoms with Crippen LogP contribution in [0, 0.1) is 23.2 Å². The lowest BCUT2D eigenvalue weighted by atomic mass is 9.69. The summed E-state index contributed by atoms with van der Waals surface area (Å²) in [6.07, 6.45) is 5.15. The summed E-state index contributed by atoms with van der Waals surface area (Å²) < 4.78 is 0. The van der Waals surface area contributed by atoms with E-state index in [2.05, 4.69) is 20.8 Å². The maximum absolute atomic E-state index is 12.6. The highest BCUT2D eigenvalue weighted by molar-refractivity contribution is 5.79. The van der Waals surface area contributed by atoms with Crippen molar-refractivity contribution in [2.45, 2.75) is 65.9 Å². The standard InChI is InChI=1S/C17H31NO2/c1-12(19)14-9-10-18(11-14)16(20)13-5-7-15(8-6-13)17(2,3)4/h12-15,19H,5-11H2,1-4H3. The van der Waals surface area contributed by atoms with Gasteiger partial charge in [-0.15, -0.1) is 0 Å². The van der Waals surface area contributed by atoms with Crippen LogP contribution in [-0.2, 0) is 4.79 Å². The van der Waals surface area contributed by atoms with Crippen LogP contribution in [0.5, 0.6) is 0 Å². The summed E-state index contributed by atoms with van der Waals surface area (Å²) in [6.45, 7) is 10.4. The van der Waals surface area contributed by atoms with Gasteiger partial charge in [0.05, 0.1) is 6.10 Å². The largest absolute Gasteiger partial charge is 0.393 e. The molecule has 0 aromatic rings. The number of hydrogen-bond donors (Lipinski definition) is 1. The van der Waals surface area contributed by atoms with E-state index in [0.29, 0.717) is 11.3 Å². The van der Waals surface area contributed by atoms with Crippen LogP contribution in [0.2, 0.25) is 0 Å². The fraction of sp³-hybridized carbons (Fsp3) is 0.941. The first-order valence-corrected chi connectivity index (χ1v) is 8.26. The zero-order valence-corrected chi connectivity index (χ0v) is 13.6. The van der Waals surface area contributed by atoms with Crippen LogP contribution >= 0.6 is 0 Å². The molecule has 3 nitrogen and oxygen atoms in total. The average Bonchev–Trinajstić information content (AvgIpc) is 2.86. The van der Waals surface area contributed by atoms with Gasteiger partial charge in [0.15, 0.2) is 0 Å². The van der Waals surface area contributed by atoms with Crippen molar-refractivity contribution in [3.05, 3.63) is 0 Å². The van der Waals surface area contributed by atoms with E-state index >= 15 is 0 Å². The van der Waals surface area contributed by atoms with Gasteiger partial charge in [-0.2, -0.15) is 0 Å². The zero-order chi connectivity index (χ0) is 14.9. The van der Waals surface area contributed by atoms with Crippen LogP contribution in [0.15, 0.2) is 0 Å². The number of aliphatic hydroxyl groups excluding tert-OH is 1. The molecular formula is C17H31NO2. The Morgan fingerprint density at radius 3 is 2.20 bits per heavy atom. The maximum Gasteiger partial charge on any atom is 0.225 e. The predicted molar refractivity (Wildman–Crippen MR) is 81.3 cm³/mol. The van der Waals surface area contributed by atoms with Gasteiger partial charge in [0.25, 0.3) is 0 Å². The highest BCUT2D eigenvalue weighted by Crippen LogP contribution is 2.40. The molecule has 0 spiro atoms. The maximum atomic E-state index is 12.6. The van der Waals surface area contributed by atoms with Gasteiger partial charge in [-0.1, -0.05) is 20.8 Å². The summed E-state index contributed by atoms with van der Waals surface area (Å²) in [4.78, 5) is 14.6. The minimum absolute atomic E-state index is 0.237. The van der Waals surface area contributed by atoms with Crippen molar-refractivity contribution in [1.29, 1.82) is 0 Å². The van der Waals surface area contributed by atoms with Gasteiger partial charge in [-0.3, -0.25) is 4.79 Å². The second-order valence-electron chi connectivity index (χ2n) is 7.99. The number of carbonyl (C=O) groups is 1. The molecule has 116 valence electrons. The van der Waals surface area contributed by atoms with Crippen molar-refractivity contribution in [1.82, 2.24) is 4.90 Å². The number of rotatable bonds is 2. The molecule has 2 fully saturated rings. The molecule has 2 atom stereocenters. The van der Waals surface area contributed by atoms with Crippen LogP contribution in [0.4, 0.5) is 0 Å². The summed E-state index contributed by atoms with van der Waals surface area (Å²) in [6, 6.07) is 0. The van der Waals surface area contributed by atoms with E-state index < -0.39 is 0 Å². The zero-order valence-electron chi connectivity index (χ0n) is 13.6. The average molecular weight is 281 g/mol. The molecule has 1 saturated carbocycles. The summed E-state index contributed by atoms with van der Waals surface area (Å²) in [5.74, 6) is 1.63. The van der Waals surface area contributed by atoms with Gasteiger partial charge in [0, 0.05) is 24.9 Å². The number of aliphatic hydroxyl groups is 1. The van der Waals surface area contributed by atoms with E-state index in [-0.39, 0.29) is 17.9 Å². The fourth-order valence-electron chi connectivity index (χ4n) is 3.85. The Hall–Kier alpha value is -0.570. The quantitative estimate of drug-likeness (QED) is 0.845. The third-order valence-corrected chi connectivity index (χ3v) is 5.52. The second kappa shape index (κ2) is 6.05. The van der Waals surface area contributed by atoms with E-state index in [1.807, 2.05) is 11.8 Å². The number of likely N-dealkylation sites (tertiary alicyclic amines) is 1. The van der Waals surface area contributed by atoms with Crippen LogP contribution in [0.1, 0.15) is 59.8 Å². The van der Waals surface area contributed by atoms with E-state index in [4.69, 9.17) is 0 Å². The van der Waals surface area contributed by atoms with Crippen molar-refractivity contribution in [2.75, 3.05) is 13.1 Å². The van der Waals surface area contributed by atoms with E-state index in [9.17, 15) is 9.90 Å². The molecule has 1 aliphatic carbocycles. The van der Waals surface area contributed by atoms with Gasteiger partial charge in [-0.25, -0.2) is 0 Å². The number of nitrogens with zero attached hydrogens (tertiary/aromatic N) is 1. The third-order valence-electron chi connectivity index (χ3n) is 5.52. The molecule has 1 saturated heterocycles. The molecule has 0 aromatic heterocycles. The highest BCUT2D eigenvalue weighted by Gasteiger charge is 2.36. The Kier molecular flexibility index (Phi) is 4.78. The minimum atomic E-state index is -0.288. The summed E-state index contributed by atoms with van der Waals surface area (Å²) in [5.41, 5.74) is 0.374. The molecule has 2 aliphatic rings. The molecule has 1 amide bonds. The molecule has 0 bridgehead atoms. The molecule has 1 heterocycles. The molecule has 1 aliphatic heterocycles. The minimum Gasteiger partial charge on any atom is -0.393 e. The lowest BCUT2D eigenvalue weighted by molar-refractivity contribution is -0.136. The Labute approximate surface area is 123 Å². The normalized spacial score (nSPS) is 33.2. The van der Waals surface area contributed by atoms with Crippen molar-refractivity contribution in [3.63, 3.8) is 0 Å². The Morgan fingerprint density at radius 1 is 1.15 bits per heavy atom. The van der Waals surface area contributed by atoms with E-state index in [0.717, 1.165) is 38.3 Å². The van der Waals surface area contributed by atoms with E-state index in [1.54, 1.807) is 0 Å². The van der Waals surface area contributed by atoms with Gasteiger partial charge in [0.2, 0.25) is 5.91 Å². The van der Waals surface area contributed by atoms with Crippen molar-refractivity contribution in [3.8, 4) is 0 Å². The van der Waals surface area contributed by atoms with Crippen LogP contribution in [0.25, 0.3) is 0 Å². The van der Waals surface area contributed by atoms with Crippen LogP contribution in [0.3, 0.4) is 0 Å². The molecule has 2 unspecified atom stereocenters. The number of amides is 1. The molecular weight excluding hydrogens is 250 g/mol. The van der Waals surface area contributed by atoms with Crippen LogP contribution < -0.4 is 0 Å². The smallest absolute Gasteiger partial charge is 0.225 e. The first-order chi connectivity index (χ1) is 9.29. The third kappa shape index (κ3) is 3.55. The molecule has 0 radical (unpaired) electrons. The Bertz CT molecular complexity index is 337. The Balaban J connectivity index is 1.84. The lowest BCUT2D eigenvalue weighted by Gasteiger charge is -2.37. The van der Waals surface area contributed by atoms with Crippen molar-refractivity contribution >= 4 is 5.91 Å². The fourth-order valence-corrected chi connectivity index (χ4v) is 3.85. The number of carbonyl (C=O) groups excluding carboxylic acids is 1. The van der Waals surface area contributed by atoms with Gasteiger partial charge in [0.1, 0.15) is 0 Å². The molecule has 2 rings (SSSR count). The van der Waals surface area contributed by atoms with Gasteiger partial charge in [-0.05, 0) is 50.4 Å². The SMILES string of the molecule is CC(O)C1CCN(C(=O)C2CCC(C(C)(C)C)CC2)C1. The Morgan fingerprint density at radius 2 is 1.75 bits per heavy atom. The van der Waals surface area contributed by atoms with E-state index in [1.165, 1.54) is 12.8 Å². The van der Waals surface area contributed by atoms with Gasteiger partial charge >= 0.3 is 0 Å². The van der Waals surface area contributed by atoms with Crippen LogP contribution in [-0.4, -0.2) is 35.1 Å². The topological polar surface area (TPSA) is 40.5 Å². The summed E-state index contributed by atoms with van der Waals surface area (Å²) in [5, 5.41) is 9.65. The van der Waals surface area contributed by atoms with Gasteiger partial charge < -0.3 is 10.0 Å².